The Morgan fingerprint density at radius 1 is 1.17 bits per heavy atom. The number of ether oxygens (including phenoxy) is 1. The molecule has 2 bridgehead atoms. The fraction of sp³-hybridized carbons (Fsp3) is 0.682. The quantitative estimate of drug-likeness (QED) is 0.550. The monoisotopic (exact) mass is 523 g/mol. The first-order valence-electron chi connectivity index (χ1n) is 11.3. The van der Waals surface area contributed by atoms with Crippen LogP contribution in [0.4, 0.5) is 22.4 Å². The van der Waals surface area contributed by atoms with Crippen molar-refractivity contribution in [2.24, 2.45) is 0 Å². The van der Waals surface area contributed by atoms with Gasteiger partial charge in [-0.05, 0) is 57.6 Å². The van der Waals surface area contributed by atoms with Gasteiger partial charge in [0.1, 0.15) is 11.4 Å². The molecule has 1 aromatic heterocycles. The highest BCUT2D eigenvalue weighted by Gasteiger charge is 2.44. The van der Waals surface area contributed by atoms with Gasteiger partial charge < -0.3 is 9.64 Å². The van der Waals surface area contributed by atoms with E-state index in [9.17, 15) is 35.6 Å². The smallest absolute Gasteiger partial charge is 0.444 e. The van der Waals surface area contributed by atoms with Crippen LogP contribution in [0.3, 0.4) is 0 Å². The number of amides is 1. The average Bonchev–Trinajstić information content (AvgIpc) is 2.83. The number of hydrogen-bond donors (Lipinski definition) is 0. The Morgan fingerprint density at radius 3 is 2.49 bits per heavy atom. The van der Waals surface area contributed by atoms with Crippen molar-refractivity contribution in [3.05, 3.63) is 29.3 Å². The van der Waals surface area contributed by atoms with Gasteiger partial charge in [-0.15, -0.1) is 0 Å². The molecule has 2 saturated heterocycles. The molecular weight excluding hydrogens is 494 g/mol. The van der Waals surface area contributed by atoms with E-state index in [2.05, 4.69) is 4.98 Å². The molecule has 0 aromatic carbocycles. The van der Waals surface area contributed by atoms with Gasteiger partial charge in [0.15, 0.2) is 0 Å². The van der Waals surface area contributed by atoms with Crippen LogP contribution >= 0.6 is 0 Å². The number of carbonyl (C=O) groups is 2. The molecule has 196 valence electrons. The number of sulfonamides is 1. The molecule has 35 heavy (non-hydrogen) atoms. The van der Waals surface area contributed by atoms with Crippen molar-refractivity contribution in [3.63, 3.8) is 0 Å². The maximum atomic E-state index is 14.5. The van der Waals surface area contributed by atoms with Crippen molar-refractivity contribution < 1.29 is 40.3 Å². The van der Waals surface area contributed by atoms with E-state index < -0.39 is 52.0 Å². The molecule has 0 saturated carbocycles. The van der Waals surface area contributed by atoms with E-state index >= 15 is 0 Å². The number of nitrogens with zero attached hydrogens (tertiary/aromatic N) is 3. The number of rotatable bonds is 5. The molecule has 0 aliphatic carbocycles. The highest BCUT2D eigenvalue weighted by atomic mass is 32.2. The number of aromatic nitrogens is 1. The number of carbonyl (C=O) groups excluding carboxylic acids is 2. The third-order valence-corrected chi connectivity index (χ3v) is 8.03. The second-order valence-electron chi connectivity index (χ2n) is 9.86. The van der Waals surface area contributed by atoms with Crippen molar-refractivity contribution >= 4 is 21.9 Å². The van der Waals surface area contributed by atoms with Crippen LogP contribution in [0.1, 0.15) is 51.2 Å². The number of pyridine rings is 1. The van der Waals surface area contributed by atoms with E-state index in [1.54, 1.807) is 20.8 Å². The van der Waals surface area contributed by atoms with Gasteiger partial charge in [-0.3, -0.25) is 9.78 Å². The molecule has 1 aromatic rings. The molecule has 0 N–H and O–H groups in total. The minimum atomic E-state index is -5.07. The molecule has 8 nitrogen and oxygen atoms in total. The van der Waals surface area contributed by atoms with Crippen molar-refractivity contribution in [1.29, 1.82) is 0 Å². The zero-order chi connectivity index (χ0) is 26.2. The molecule has 0 radical (unpaired) electrons. The molecule has 2 fully saturated rings. The number of piperazine rings is 1. The molecule has 1 unspecified atom stereocenters. The molecule has 2 aliphatic heterocycles. The predicted molar refractivity (Wildman–Crippen MR) is 118 cm³/mol. The lowest BCUT2D eigenvalue weighted by atomic mass is 9.96. The third kappa shape index (κ3) is 6.69. The van der Waals surface area contributed by atoms with Gasteiger partial charge in [0.25, 0.3) is 0 Å². The normalized spacial score (nSPS) is 24.5. The van der Waals surface area contributed by atoms with Crippen LogP contribution in [-0.2, 0) is 32.4 Å². The van der Waals surface area contributed by atoms with E-state index in [1.165, 1.54) is 9.21 Å². The van der Waals surface area contributed by atoms with Crippen LogP contribution in [-0.4, -0.2) is 77.2 Å². The van der Waals surface area contributed by atoms with Crippen LogP contribution in [0.25, 0.3) is 0 Å². The Hall–Kier alpha value is -2.28. The van der Waals surface area contributed by atoms with Gasteiger partial charge in [-0.2, -0.15) is 17.5 Å². The van der Waals surface area contributed by atoms with Gasteiger partial charge in [-0.1, -0.05) is 0 Å². The molecule has 3 atom stereocenters. The van der Waals surface area contributed by atoms with Gasteiger partial charge in [0, 0.05) is 37.8 Å². The summed E-state index contributed by atoms with van der Waals surface area (Å²) in [5.41, 5.74) is -1.10. The van der Waals surface area contributed by atoms with Gasteiger partial charge in [-0.25, -0.2) is 17.6 Å². The minimum Gasteiger partial charge on any atom is -0.444 e. The van der Waals surface area contributed by atoms with Crippen LogP contribution < -0.4 is 0 Å². The predicted octanol–water partition coefficient (Wildman–Crippen LogP) is 3.24. The number of fused-ring (bicyclic) bond motifs is 2. The van der Waals surface area contributed by atoms with Gasteiger partial charge >= 0.3 is 12.3 Å². The summed E-state index contributed by atoms with van der Waals surface area (Å²) in [6.07, 6.45) is -4.16. The first-order chi connectivity index (χ1) is 16.1. The van der Waals surface area contributed by atoms with Crippen LogP contribution in [0.15, 0.2) is 12.4 Å². The van der Waals surface area contributed by atoms with E-state index in [4.69, 9.17) is 4.74 Å². The maximum Gasteiger partial charge on any atom is 0.450 e. The number of Topliss-reactive ketones (excluding diaryl/α,β-unsaturated/α-hetero) is 1. The van der Waals surface area contributed by atoms with E-state index in [-0.39, 0.29) is 48.9 Å². The average molecular weight is 524 g/mol. The second-order valence-corrected chi connectivity index (χ2v) is 11.9. The van der Waals surface area contributed by atoms with Crippen molar-refractivity contribution in [2.75, 3.05) is 18.8 Å². The molecule has 0 spiro atoms. The Bertz CT molecular complexity index is 1070. The fourth-order valence-corrected chi connectivity index (χ4v) is 6.22. The molecular formula is C22H29F4N3O5S. The highest BCUT2D eigenvalue weighted by molar-refractivity contribution is 7.89. The van der Waals surface area contributed by atoms with Crippen LogP contribution in [0.5, 0.6) is 0 Å². The summed E-state index contributed by atoms with van der Waals surface area (Å²) < 4.78 is 85.3. The SMILES string of the molecule is CC(C)(C)OC(=O)N1C[C@H](CCc2c(F)cncc2CC(=O)C(F)(F)F)N2C[C@H]1CCCS2(=O)=O. The standard InChI is InChI=1S/C22H29F4N3O5S/c1-21(2,3)34-20(31)28-12-16(29-13-15(28)5-4-8-35(29,32)33)6-7-17-14(10-27-11-18(17)23)9-19(30)22(24,25)26/h10-11,15-16H,4-9,12-13H2,1-3H3/t15-,16+/m1/s1. The van der Waals surface area contributed by atoms with E-state index in [0.29, 0.717) is 12.8 Å². The van der Waals surface area contributed by atoms with Crippen LogP contribution in [0.2, 0.25) is 0 Å². The van der Waals surface area contributed by atoms with Crippen molar-refractivity contribution in [2.45, 2.75) is 76.7 Å². The Morgan fingerprint density at radius 2 is 1.86 bits per heavy atom. The summed E-state index contributed by atoms with van der Waals surface area (Å²) in [7, 11) is -3.64. The van der Waals surface area contributed by atoms with Crippen molar-refractivity contribution in [1.82, 2.24) is 14.2 Å². The largest absolute Gasteiger partial charge is 0.450 e. The lowest BCUT2D eigenvalue weighted by Crippen LogP contribution is -2.60. The number of alkyl halides is 3. The molecule has 3 rings (SSSR count). The zero-order valence-electron chi connectivity index (χ0n) is 19.8. The summed E-state index contributed by atoms with van der Waals surface area (Å²) in [5, 5.41) is 0. The van der Waals surface area contributed by atoms with Gasteiger partial charge in [0.05, 0.1) is 11.9 Å². The number of hydrogen-bond acceptors (Lipinski definition) is 6. The Kier molecular flexibility index (Phi) is 7.80. The summed E-state index contributed by atoms with van der Waals surface area (Å²) >= 11 is 0. The van der Waals surface area contributed by atoms with Crippen molar-refractivity contribution in [3.8, 4) is 0 Å². The molecule has 3 heterocycles. The fourth-order valence-electron chi connectivity index (χ4n) is 4.43. The highest BCUT2D eigenvalue weighted by Crippen LogP contribution is 2.30. The first-order valence-corrected chi connectivity index (χ1v) is 12.9. The summed E-state index contributed by atoms with van der Waals surface area (Å²) in [6, 6.07) is -1.11. The lowest BCUT2D eigenvalue weighted by molar-refractivity contribution is -0.170. The summed E-state index contributed by atoms with van der Waals surface area (Å²) in [5.74, 6) is -3.01. The summed E-state index contributed by atoms with van der Waals surface area (Å²) in [4.78, 5) is 29.4. The maximum absolute atomic E-state index is 14.5. The number of ketones is 1. The molecule has 13 heteroatoms. The Labute approximate surface area is 201 Å². The third-order valence-electron chi connectivity index (χ3n) is 6.06. The van der Waals surface area contributed by atoms with E-state index in [1.807, 2.05) is 0 Å². The second kappa shape index (κ2) is 10.00. The minimum absolute atomic E-state index is 0.00231. The van der Waals surface area contributed by atoms with Gasteiger partial charge in [0.2, 0.25) is 15.8 Å². The zero-order valence-corrected chi connectivity index (χ0v) is 20.6. The summed E-state index contributed by atoms with van der Waals surface area (Å²) in [6.45, 7) is 5.21. The van der Waals surface area contributed by atoms with Crippen LogP contribution in [0, 0.1) is 5.82 Å². The number of halogens is 4. The molecule has 2 aliphatic rings. The lowest BCUT2D eigenvalue weighted by Gasteiger charge is -2.44. The Balaban J connectivity index is 1.85. The van der Waals surface area contributed by atoms with E-state index in [0.717, 1.165) is 12.4 Å². The first kappa shape index (κ1) is 27.3. The molecule has 1 amide bonds. The topological polar surface area (TPSA) is 96.9 Å².